The van der Waals surface area contributed by atoms with Crippen molar-refractivity contribution in [3.8, 4) is 0 Å². The average molecular weight is 584 g/mol. The summed E-state index contributed by atoms with van der Waals surface area (Å²) in [4.78, 5) is 5.66. The summed E-state index contributed by atoms with van der Waals surface area (Å²) in [7, 11) is 3.46. The first kappa shape index (κ1) is 31.0. The second-order valence-corrected chi connectivity index (χ2v) is 10.6. The Hall–Kier alpha value is -3.40. The highest BCUT2D eigenvalue weighted by atomic mass is 16.7. The maximum Gasteiger partial charge on any atom is 0.162 e. The lowest BCUT2D eigenvalue weighted by Crippen LogP contribution is -2.64. The Morgan fingerprint density at radius 2 is 0.930 bits per heavy atom. The molecule has 1 aliphatic heterocycles. The SMILES string of the molecule is CON(C)C1OC(COCc2ccccc2)C(OCc2ccccc2)C(OCc2ccccc2)C1OCc1ccccc1. The number of rotatable bonds is 15. The third-order valence-corrected chi connectivity index (χ3v) is 7.51. The normalized spacial score (nSPS) is 22.1. The minimum Gasteiger partial charge on any atom is -0.374 e. The van der Waals surface area contributed by atoms with E-state index in [2.05, 4.69) is 24.3 Å². The molecule has 1 saturated heterocycles. The molecule has 0 radical (unpaired) electrons. The number of nitrogens with zero attached hydrogens (tertiary/aromatic N) is 1. The molecule has 0 N–H and O–H groups in total. The highest BCUT2D eigenvalue weighted by molar-refractivity contribution is 5.16. The van der Waals surface area contributed by atoms with Gasteiger partial charge in [-0.05, 0) is 22.3 Å². The number of benzene rings is 4. The molecular weight excluding hydrogens is 542 g/mol. The van der Waals surface area contributed by atoms with Gasteiger partial charge in [0.2, 0.25) is 0 Å². The quantitative estimate of drug-likeness (QED) is 0.155. The Balaban J connectivity index is 1.43. The third kappa shape index (κ3) is 9.05. The van der Waals surface area contributed by atoms with Crippen LogP contribution in [0, 0.1) is 0 Å². The first-order chi connectivity index (χ1) is 21.2. The zero-order chi connectivity index (χ0) is 29.7. The first-order valence-corrected chi connectivity index (χ1v) is 14.7. The van der Waals surface area contributed by atoms with Crippen LogP contribution in [0.2, 0.25) is 0 Å². The lowest BCUT2D eigenvalue weighted by Gasteiger charge is -2.48. The number of hydrogen-bond donors (Lipinski definition) is 0. The van der Waals surface area contributed by atoms with Crippen molar-refractivity contribution >= 4 is 0 Å². The minimum atomic E-state index is -0.573. The monoisotopic (exact) mass is 583 g/mol. The molecule has 1 heterocycles. The van der Waals surface area contributed by atoms with Gasteiger partial charge >= 0.3 is 0 Å². The maximum atomic E-state index is 6.72. The lowest BCUT2D eigenvalue weighted by atomic mass is 9.96. The van der Waals surface area contributed by atoms with Crippen LogP contribution in [0.3, 0.4) is 0 Å². The molecule has 7 heteroatoms. The second-order valence-electron chi connectivity index (χ2n) is 10.6. The molecule has 1 aliphatic rings. The lowest BCUT2D eigenvalue weighted by molar-refractivity contribution is -0.341. The molecule has 0 saturated carbocycles. The van der Waals surface area contributed by atoms with Gasteiger partial charge in [0, 0.05) is 7.05 Å². The van der Waals surface area contributed by atoms with E-state index < -0.39 is 30.6 Å². The van der Waals surface area contributed by atoms with Gasteiger partial charge in [0.05, 0.1) is 40.1 Å². The number of ether oxygens (including phenoxy) is 5. The van der Waals surface area contributed by atoms with Crippen LogP contribution in [0.4, 0.5) is 0 Å². The molecule has 0 spiro atoms. The van der Waals surface area contributed by atoms with Crippen LogP contribution < -0.4 is 0 Å². The molecule has 226 valence electrons. The molecular formula is C36H41NO6. The van der Waals surface area contributed by atoms with Crippen LogP contribution in [-0.4, -0.2) is 56.5 Å². The van der Waals surface area contributed by atoms with Crippen molar-refractivity contribution in [3.63, 3.8) is 0 Å². The molecule has 0 amide bonds. The van der Waals surface area contributed by atoms with E-state index in [1.807, 2.05) is 104 Å². The molecule has 5 rings (SSSR count). The van der Waals surface area contributed by atoms with Gasteiger partial charge in [-0.2, -0.15) is 5.06 Å². The largest absolute Gasteiger partial charge is 0.374 e. The Kier molecular flexibility index (Phi) is 11.9. The summed E-state index contributed by atoms with van der Waals surface area (Å²) in [6, 6.07) is 40.4. The van der Waals surface area contributed by atoms with Crippen LogP contribution in [-0.2, 0) is 54.9 Å². The summed E-state index contributed by atoms with van der Waals surface area (Å²) < 4.78 is 32.9. The summed E-state index contributed by atoms with van der Waals surface area (Å²) in [6.45, 7) is 1.93. The van der Waals surface area contributed by atoms with Crippen LogP contribution in [0.25, 0.3) is 0 Å². The topological polar surface area (TPSA) is 58.6 Å². The Bertz CT molecular complexity index is 1310. The van der Waals surface area contributed by atoms with Crippen LogP contribution in [0.15, 0.2) is 121 Å². The van der Waals surface area contributed by atoms with Crippen molar-refractivity contribution in [2.45, 2.75) is 57.1 Å². The first-order valence-electron chi connectivity index (χ1n) is 14.7. The zero-order valence-corrected chi connectivity index (χ0v) is 24.9. The van der Waals surface area contributed by atoms with E-state index in [0.29, 0.717) is 33.0 Å². The van der Waals surface area contributed by atoms with Gasteiger partial charge in [-0.25, -0.2) is 0 Å². The van der Waals surface area contributed by atoms with Gasteiger partial charge in [-0.1, -0.05) is 121 Å². The maximum absolute atomic E-state index is 6.72. The summed E-state index contributed by atoms with van der Waals surface area (Å²) in [5.74, 6) is 0. The molecule has 5 atom stereocenters. The predicted molar refractivity (Wildman–Crippen MR) is 165 cm³/mol. The fourth-order valence-corrected chi connectivity index (χ4v) is 5.16. The Labute approximate surface area is 254 Å². The number of likely N-dealkylation sites (N-methyl/N-ethyl adjacent to an activating group) is 1. The summed E-state index contributed by atoms with van der Waals surface area (Å²) >= 11 is 0. The van der Waals surface area contributed by atoms with Crippen molar-refractivity contribution in [1.29, 1.82) is 0 Å². The van der Waals surface area contributed by atoms with Crippen molar-refractivity contribution < 1.29 is 28.5 Å². The fraction of sp³-hybridized carbons (Fsp3) is 0.333. The van der Waals surface area contributed by atoms with E-state index in [0.717, 1.165) is 22.3 Å². The van der Waals surface area contributed by atoms with E-state index in [1.165, 1.54) is 0 Å². The van der Waals surface area contributed by atoms with Gasteiger partial charge < -0.3 is 23.7 Å². The van der Waals surface area contributed by atoms with E-state index in [9.17, 15) is 0 Å². The Morgan fingerprint density at radius 3 is 1.37 bits per heavy atom. The van der Waals surface area contributed by atoms with Gasteiger partial charge in [0.1, 0.15) is 24.4 Å². The van der Waals surface area contributed by atoms with Gasteiger partial charge in [-0.15, -0.1) is 0 Å². The van der Waals surface area contributed by atoms with E-state index in [4.69, 9.17) is 28.5 Å². The molecule has 4 aromatic rings. The fourth-order valence-electron chi connectivity index (χ4n) is 5.16. The summed E-state index contributed by atoms with van der Waals surface area (Å²) in [6.07, 6.45) is -2.53. The van der Waals surface area contributed by atoms with E-state index in [1.54, 1.807) is 12.2 Å². The van der Waals surface area contributed by atoms with E-state index in [-0.39, 0.29) is 0 Å². The third-order valence-electron chi connectivity index (χ3n) is 7.51. The minimum absolute atomic E-state index is 0.305. The summed E-state index contributed by atoms with van der Waals surface area (Å²) in [5.41, 5.74) is 4.27. The molecule has 1 fully saturated rings. The predicted octanol–water partition coefficient (Wildman–Crippen LogP) is 6.18. The molecule has 43 heavy (non-hydrogen) atoms. The molecule has 0 aliphatic carbocycles. The van der Waals surface area contributed by atoms with Crippen molar-refractivity contribution in [3.05, 3.63) is 144 Å². The average Bonchev–Trinajstić information content (AvgIpc) is 3.07. The molecule has 0 bridgehead atoms. The van der Waals surface area contributed by atoms with Gasteiger partial charge in [-0.3, -0.25) is 4.84 Å². The molecule has 5 unspecified atom stereocenters. The van der Waals surface area contributed by atoms with Crippen molar-refractivity contribution in [2.75, 3.05) is 20.8 Å². The van der Waals surface area contributed by atoms with Crippen LogP contribution in [0.5, 0.6) is 0 Å². The van der Waals surface area contributed by atoms with Gasteiger partial charge in [0.15, 0.2) is 6.23 Å². The van der Waals surface area contributed by atoms with Crippen molar-refractivity contribution in [2.24, 2.45) is 0 Å². The molecule has 0 aromatic heterocycles. The summed E-state index contributed by atoms with van der Waals surface area (Å²) in [5, 5.41) is 1.67. The van der Waals surface area contributed by atoms with Crippen LogP contribution >= 0.6 is 0 Å². The Morgan fingerprint density at radius 1 is 0.535 bits per heavy atom. The second kappa shape index (κ2) is 16.4. The number of hydroxylamine groups is 2. The van der Waals surface area contributed by atoms with Gasteiger partial charge in [0.25, 0.3) is 0 Å². The highest BCUT2D eigenvalue weighted by Crippen LogP contribution is 2.32. The highest BCUT2D eigenvalue weighted by Gasteiger charge is 2.50. The molecule has 7 nitrogen and oxygen atoms in total. The van der Waals surface area contributed by atoms with E-state index >= 15 is 0 Å². The van der Waals surface area contributed by atoms with Crippen molar-refractivity contribution in [1.82, 2.24) is 5.06 Å². The molecule has 4 aromatic carbocycles. The number of hydrogen-bond acceptors (Lipinski definition) is 7. The zero-order valence-electron chi connectivity index (χ0n) is 24.9. The van der Waals surface area contributed by atoms with Crippen LogP contribution in [0.1, 0.15) is 22.3 Å². The smallest absolute Gasteiger partial charge is 0.162 e. The standard InChI is InChI=1S/C36H41NO6/c1-37(38-2)36-35(42-26-31-21-13-6-14-22-31)34(41-25-30-19-11-5-12-20-30)33(40-24-29-17-9-4-10-18-29)32(43-36)27-39-23-28-15-7-3-8-16-28/h3-22,32-36H,23-27H2,1-2H3.